The second kappa shape index (κ2) is 9.02. The molecule has 0 atom stereocenters. The molecule has 0 spiro atoms. The van der Waals surface area contributed by atoms with Crippen LogP contribution in [0.25, 0.3) is 28.4 Å². The van der Waals surface area contributed by atoms with Gasteiger partial charge >= 0.3 is 0 Å². The predicted octanol–water partition coefficient (Wildman–Crippen LogP) is 4.15. The van der Waals surface area contributed by atoms with E-state index in [1.54, 1.807) is 41.0 Å². The number of nitrogens with one attached hydrogen (secondary N) is 1. The maximum atomic E-state index is 13.7. The van der Waals surface area contributed by atoms with Gasteiger partial charge in [-0.05, 0) is 48.5 Å². The number of halogens is 2. The SMILES string of the molecule is O=C(COc1ccc(F)cc1F)Nc1cccc(-c2ccc3nnc(-c4ccccn4)n3n2)c1. The molecule has 0 radical (unpaired) electrons. The monoisotopic (exact) mass is 458 g/mol. The number of hydrogen-bond donors (Lipinski definition) is 1. The highest BCUT2D eigenvalue weighted by molar-refractivity contribution is 5.92. The molecular weight excluding hydrogens is 442 g/mol. The fraction of sp³-hybridized carbons (Fsp3) is 0.0417. The zero-order valence-electron chi connectivity index (χ0n) is 17.5. The van der Waals surface area contributed by atoms with Gasteiger partial charge in [-0.3, -0.25) is 9.78 Å². The number of hydrogen-bond acceptors (Lipinski definition) is 6. The molecule has 5 aromatic rings. The molecular formula is C24H16F2N6O2. The van der Waals surface area contributed by atoms with Crippen molar-refractivity contribution in [3.8, 4) is 28.5 Å². The van der Waals surface area contributed by atoms with Gasteiger partial charge in [0, 0.05) is 23.5 Å². The highest BCUT2D eigenvalue weighted by atomic mass is 19.1. The molecule has 34 heavy (non-hydrogen) atoms. The maximum Gasteiger partial charge on any atom is 0.262 e. The summed E-state index contributed by atoms with van der Waals surface area (Å²) in [4.78, 5) is 16.6. The lowest BCUT2D eigenvalue weighted by Gasteiger charge is -2.09. The maximum absolute atomic E-state index is 13.7. The first-order valence-electron chi connectivity index (χ1n) is 10.2. The summed E-state index contributed by atoms with van der Waals surface area (Å²) in [6.45, 7) is -0.439. The summed E-state index contributed by atoms with van der Waals surface area (Å²) in [5, 5.41) is 15.6. The van der Waals surface area contributed by atoms with Crippen LogP contribution < -0.4 is 10.1 Å². The Bertz CT molecular complexity index is 1490. The van der Waals surface area contributed by atoms with E-state index in [1.165, 1.54) is 0 Å². The third-order valence-corrected chi connectivity index (χ3v) is 4.85. The summed E-state index contributed by atoms with van der Waals surface area (Å²) >= 11 is 0. The van der Waals surface area contributed by atoms with Crippen molar-refractivity contribution in [1.29, 1.82) is 0 Å². The Hall–Kier alpha value is -4.73. The molecule has 0 aliphatic carbocycles. The zero-order chi connectivity index (χ0) is 23.5. The van der Waals surface area contributed by atoms with E-state index in [2.05, 4.69) is 25.6 Å². The highest BCUT2D eigenvalue weighted by Gasteiger charge is 2.13. The first-order chi connectivity index (χ1) is 16.6. The molecule has 1 N–H and O–H groups in total. The van der Waals surface area contributed by atoms with Crippen LogP contribution in [0.4, 0.5) is 14.5 Å². The number of fused-ring (bicyclic) bond motifs is 1. The number of rotatable bonds is 6. The summed E-state index contributed by atoms with van der Waals surface area (Å²) in [5.74, 6) is -1.81. The molecule has 2 aromatic carbocycles. The molecule has 10 heteroatoms. The zero-order valence-corrected chi connectivity index (χ0v) is 17.5. The predicted molar refractivity (Wildman–Crippen MR) is 120 cm³/mol. The van der Waals surface area contributed by atoms with Crippen LogP contribution in [-0.2, 0) is 4.79 Å². The molecule has 0 unspecified atom stereocenters. The van der Waals surface area contributed by atoms with Gasteiger partial charge in [-0.25, -0.2) is 8.78 Å². The van der Waals surface area contributed by atoms with E-state index >= 15 is 0 Å². The number of carbonyl (C=O) groups excluding carboxylic acids is 1. The first-order valence-corrected chi connectivity index (χ1v) is 10.2. The highest BCUT2D eigenvalue weighted by Crippen LogP contribution is 2.23. The van der Waals surface area contributed by atoms with Crippen LogP contribution in [0.1, 0.15) is 0 Å². The number of pyridine rings is 1. The molecule has 3 aromatic heterocycles. The van der Waals surface area contributed by atoms with Crippen molar-refractivity contribution in [3.63, 3.8) is 0 Å². The van der Waals surface area contributed by atoms with Crippen molar-refractivity contribution in [1.82, 2.24) is 24.8 Å². The number of benzene rings is 2. The van der Waals surface area contributed by atoms with E-state index in [0.29, 0.717) is 34.6 Å². The van der Waals surface area contributed by atoms with Crippen LogP contribution in [0.5, 0.6) is 5.75 Å². The topological polar surface area (TPSA) is 94.3 Å². The number of ether oxygens (including phenoxy) is 1. The molecule has 8 nitrogen and oxygen atoms in total. The summed E-state index contributed by atoms with van der Waals surface area (Å²) in [5.41, 5.74) is 3.08. The van der Waals surface area contributed by atoms with Crippen molar-refractivity contribution >= 4 is 17.2 Å². The van der Waals surface area contributed by atoms with Crippen molar-refractivity contribution in [3.05, 3.63) is 90.6 Å². The van der Waals surface area contributed by atoms with E-state index in [0.717, 1.165) is 17.7 Å². The molecule has 0 saturated heterocycles. The van der Waals surface area contributed by atoms with Crippen LogP contribution in [0.2, 0.25) is 0 Å². The smallest absolute Gasteiger partial charge is 0.262 e. The quantitative estimate of drug-likeness (QED) is 0.411. The Kier molecular flexibility index (Phi) is 5.61. The van der Waals surface area contributed by atoms with Crippen molar-refractivity contribution in [2.75, 3.05) is 11.9 Å². The molecule has 1 amide bonds. The molecule has 0 fully saturated rings. The molecule has 5 rings (SSSR count). The Morgan fingerprint density at radius 2 is 1.85 bits per heavy atom. The number of carbonyl (C=O) groups is 1. The van der Waals surface area contributed by atoms with Gasteiger partial charge in [0.25, 0.3) is 5.91 Å². The molecule has 168 valence electrons. The van der Waals surface area contributed by atoms with Gasteiger partial charge in [-0.15, -0.1) is 10.2 Å². The summed E-state index contributed by atoms with van der Waals surface area (Å²) in [6, 6.07) is 19.0. The van der Waals surface area contributed by atoms with E-state index < -0.39 is 24.1 Å². The third-order valence-electron chi connectivity index (χ3n) is 4.85. The number of amides is 1. The van der Waals surface area contributed by atoms with Crippen LogP contribution in [0.15, 0.2) is 79.0 Å². The van der Waals surface area contributed by atoms with Crippen molar-refractivity contribution in [2.24, 2.45) is 0 Å². The second-order valence-electron chi connectivity index (χ2n) is 7.22. The van der Waals surface area contributed by atoms with Gasteiger partial charge in [-0.2, -0.15) is 9.61 Å². The van der Waals surface area contributed by atoms with Gasteiger partial charge in [0.15, 0.2) is 23.8 Å². The average molecular weight is 458 g/mol. The van der Waals surface area contributed by atoms with Gasteiger partial charge in [0.2, 0.25) is 5.82 Å². The largest absolute Gasteiger partial charge is 0.481 e. The number of aromatic nitrogens is 5. The fourth-order valence-electron chi connectivity index (χ4n) is 3.29. The Labute approximate surface area is 191 Å². The van der Waals surface area contributed by atoms with Gasteiger partial charge in [0.05, 0.1) is 5.69 Å². The minimum absolute atomic E-state index is 0.208. The number of nitrogens with zero attached hydrogens (tertiary/aromatic N) is 5. The molecule has 0 aliphatic heterocycles. The van der Waals surface area contributed by atoms with Crippen molar-refractivity contribution < 1.29 is 18.3 Å². The lowest BCUT2D eigenvalue weighted by molar-refractivity contribution is -0.118. The Balaban J connectivity index is 1.34. The normalized spacial score (nSPS) is 10.9. The van der Waals surface area contributed by atoms with Crippen LogP contribution in [0.3, 0.4) is 0 Å². The van der Waals surface area contributed by atoms with Crippen molar-refractivity contribution in [2.45, 2.75) is 0 Å². The Morgan fingerprint density at radius 3 is 2.68 bits per heavy atom. The first kappa shape index (κ1) is 21.1. The lowest BCUT2D eigenvalue weighted by Crippen LogP contribution is -2.20. The van der Waals surface area contributed by atoms with Crippen LogP contribution >= 0.6 is 0 Å². The minimum atomic E-state index is -0.879. The standard InChI is InChI=1S/C24H16F2N6O2/c25-16-7-9-21(18(26)13-16)34-14-23(33)28-17-5-3-4-15(12-17)19-8-10-22-29-30-24(32(22)31-19)20-6-1-2-11-27-20/h1-13H,14H2,(H,28,33). The number of anilines is 1. The van der Waals surface area contributed by atoms with E-state index in [-0.39, 0.29) is 5.75 Å². The van der Waals surface area contributed by atoms with Gasteiger partial charge in [-0.1, -0.05) is 18.2 Å². The van der Waals surface area contributed by atoms with Crippen LogP contribution in [-0.4, -0.2) is 37.3 Å². The average Bonchev–Trinajstić information content (AvgIpc) is 3.27. The van der Waals surface area contributed by atoms with E-state index in [4.69, 9.17) is 4.74 Å². The molecule has 0 aliphatic rings. The summed E-state index contributed by atoms with van der Waals surface area (Å²) in [7, 11) is 0. The Morgan fingerprint density at radius 1 is 0.941 bits per heavy atom. The molecule has 3 heterocycles. The third kappa shape index (κ3) is 4.42. The molecule has 0 bridgehead atoms. The van der Waals surface area contributed by atoms with Gasteiger partial charge in [0.1, 0.15) is 11.5 Å². The van der Waals surface area contributed by atoms with E-state index in [9.17, 15) is 13.6 Å². The summed E-state index contributed by atoms with van der Waals surface area (Å²) < 4.78 is 33.4. The van der Waals surface area contributed by atoms with E-state index in [1.807, 2.05) is 24.3 Å². The fourth-order valence-corrected chi connectivity index (χ4v) is 3.29. The van der Waals surface area contributed by atoms with Gasteiger partial charge < -0.3 is 10.1 Å². The lowest BCUT2D eigenvalue weighted by atomic mass is 10.1. The minimum Gasteiger partial charge on any atom is -0.481 e. The molecule has 0 saturated carbocycles. The summed E-state index contributed by atoms with van der Waals surface area (Å²) in [6.07, 6.45) is 1.67. The van der Waals surface area contributed by atoms with Crippen LogP contribution in [0, 0.1) is 11.6 Å². The second-order valence-corrected chi connectivity index (χ2v) is 7.22.